The zero-order chi connectivity index (χ0) is 34.6. The van der Waals surface area contributed by atoms with Crippen LogP contribution in [0.4, 0.5) is 0 Å². The summed E-state index contributed by atoms with van der Waals surface area (Å²) in [5.74, 6) is 0.137. The quantitative estimate of drug-likeness (QED) is 0.189. The van der Waals surface area contributed by atoms with Crippen LogP contribution in [0.2, 0.25) is 0 Å². The molecule has 0 radical (unpaired) electrons. The molecule has 3 aliphatic carbocycles. The first kappa shape index (κ1) is 30.4. The molecule has 51 heavy (non-hydrogen) atoms. The van der Waals surface area contributed by atoms with Gasteiger partial charge in [-0.25, -0.2) is 0 Å². The van der Waals surface area contributed by atoms with E-state index in [1.54, 1.807) is 6.07 Å². The normalized spacial score (nSPS) is 17.6. The van der Waals surface area contributed by atoms with E-state index >= 15 is 0 Å². The third-order valence-electron chi connectivity index (χ3n) is 10.8. The number of benzene rings is 4. The van der Waals surface area contributed by atoms with Crippen LogP contribution in [0.3, 0.4) is 0 Å². The van der Waals surface area contributed by atoms with E-state index in [-0.39, 0.29) is 11.8 Å². The minimum absolute atomic E-state index is 0.0854. The Bertz CT molecular complexity index is 2650. The second-order valence-corrected chi connectivity index (χ2v) is 13.8. The second-order valence-electron chi connectivity index (χ2n) is 13.8. The van der Waals surface area contributed by atoms with Crippen LogP contribution in [0.25, 0.3) is 50.9 Å². The summed E-state index contributed by atoms with van der Waals surface area (Å²) in [5, 5.41) is 32.7. The smallest absolute Gasteiger partial charge is 0.0996 e. The summed E-state index contributed by atoms with van der Waals surface area (Å²) in [4.78, 5) is 0. The molecule has 2 atom stereocenters. The maximum absolute atomic E-state index is 10.6. The van der Waals surface area contributed by atoms with Gasteiger partial charge in [-0.2, -0.15) is 15.8 Å². The molecule has 0 bridgehead atoms. The van der Waals surface area contributed by atoms with E-state index in [2.05, 4.69) is 131 Å². The molecule has 3 aliphatic rings. The van der Waals surface area contributed by atoms with Crippen LogP contribution < -0.4 is 0 Å². The fourth-order valence-corrected chi connectivity index (χ4v) is 8.66. The van der Waals surface area contributed by atoms with Gasteiger partial charge in [0.25, 0.3) is 0 Å². The Balaban J connectivity index is 1.20. The van der Waals surface area contributed by atoms with Crippen LogP contribution in [0.1, 0.15) is 82.8 Å². The number of hydrogen-bond donors (Lipinski definition) is 0. The summed E-state index contributed by atoms with van der Waals surface area (Å²) < 4.78 is 4.68. The van der Waals surface area contributed by atoms with Crippen molar-refractivity contribution in [2.24, 2.45) is 0 Å². The van der Waals surface area contributed by atoms with Gasteiger partial charge in [0.2, 0.25) is 0 Å². The van der Waals surface area contributed by atoms with Gasteiger partial charge in [0, 0.05) is 61.9 Å². The Labute approximate surface area is 297 Å². The molecule has 5 heteroatoms. The molecule has 0 aliphatic heterocycles. The number of fused-ring (bicyclic) bond motifs is 6. The molecule has 0 spiro atoms. The maximum Gasteiger partial charge on any atom is 0.0996 e. The summed E-state index contributed by atoms with van der Waals surface area (Å²) in [7, 11) is 0. The van der Waals surface area contributed by atoms with Gasteiger partial charge in [0.1, 0.15) is 0 Å². The van der Waals surface area contributed by atoms with Crippen LogP contribution in [-0.2, 0) is 6.42 Å². The Hall–Kier alpha value is -6.61. The highest BCUT2D eigenvalue weighted by Gasteiger charge is 2.30. The fraction of sp³-hybridized carbons (Fsp3) is 0.152. The number of para-hydroxylation sites is 2. The van der Waals surface area contributed by atoms with E-state index in [0.29, 0.717) is 11.1 Å². The summed E-state index contributed by atoms with van der Waals surface area (Å²) in [6.45, 7) is 2.23. The van der Waals surface area contributed by atoms with E-state index in [0.717, 1.165) is 81.1 Å². The van der Waals surface area contributed by atoms with Crippen molar-refractivity contribution in [3.63, 3.8) is 0 Å². The predicted molar refractivity (Wildman–Crippen MR) is 204 cm³/mol. The van der Waals surface area contributed by atoms with Crippen LogP contribution in [0.15, 0.2) is 115 Å². The number of nitriles is 3. The van der Waals surface area contributed by atoms with Gasteiger partial charge in [-0.05, 0) is 79.3 Å². The summed E-state index contributed by atoms with van der Waals surface area (Å²) in [5.41, 5.74) is 14.0. The van der Waals surface area contributed by atoms with Crippen molar-refractivity contribution in [1.82, 2.24) is 9.13 Å². The molecule has 0 amide bonds. The van der Waals surface area contributed by atoms with E-state index in [4.69, 9.17) is 0 Å². The largest absolute Gasteiger partial charge is 0.316 e. The van der Waals surface area contributed by atoms with Crippen LogP contribution in [-0.4, -0.2) is 9.13 Å². The van der Waals surface area contributed by atoms with Gasteiger partial charge in [0.15, 0.2) is 0 Å². The van der Waals surface area contributed by atoms with Crippen LogP contribution in [0, 0.1) is 34.0 Å². The molecular weight excluding hydrogens is 623 g/mol. The minimum atomic E-state index is -0.0854. The zero-order valence-electron chi connectivity index (χ0n) is 28.3. The van der Waals surface area contributed by atoms with Gasteiger partial charge in [0.05, 0.1) is 46.1 Å². The summed E-state index contributed by atoms with van der Waals surface area (Å²) in [6, 6.07) is 36.4. The van der Waals surface area contributed by atoms with Crippen molar-refractivity contribution in [2.75, 3.05) is 0 Å². The average molecular weight is 656 g/mol. The standard InChI is InChI=1S/C46H33N5/c1-29-20-30(26-47)22-40-39-16-4-5-17-41(39)50(46(29)40)36-13-9-11-33(25-36)32-10-8-12-34(24-32)45-35(28-49)21-31(27-48)23-44(45)51-42-18-6-2-14-37(42)38-15-3-7-19-43(38)51/h2-4,6-11,13-16,18-19,21-25,29,34H,5,12,17,20H2,1H3. The molecule has 2 aromatic heterocycles. The monoisotopic (exact) mass is 655 g/mol. The number of allylic oxidation sites excluding steroid dienone is 6. The van der Waals surface area contributed by atoms with Gasteiger partial charge in [-0.15, -0.1) is 0 Å². The summed E-state index contributed by atoms with van der Waals surface area (Å²) >= 11 is 0. The summed E-state index contributed by atoms with van der Waals surface area (Å²) in [6.07, 6.45) is 16.7. The number of hydrogen-bond acceptors (Lipinski definition) is 3. The van der Waals surface area contributed by atoms with Crippen LogP contribution in [0.5, 0.6) is 0 Å². The van der Waals surface area contributed by atoms with Crippen molar-refractivity contribution >= 4 is 39.5 Å². The van der Waals surface area contributed by atoms with Crippen molar-refractivity contribution in [3.8, 4) is 29.6 Å². The van der Waals surface area contributed by atoms with E-state index in [1.165, 1.54) is 22.5 Å². The van der Waals surface area contributed by atoms with E-state index in [1.807, 2.05) is 18.2 Å². The lowest BCUT2D eigenvalue weighted by Gasteiger charge is -2.24. The Morgan fingerprint density at radius 2 is 1.53 bits per heavy atom. The highest BCUT2D eigenvalue weighted by Crippen LogP contribution is 2.44. The van der Waals surface area contributed by atoms with Crippen molar-refractivity contribution in [2.45, 2.75) is 44.4 Å². The lowest BCUT2D eigenvalue weighted by Crippen LogP contribution is -2.11. The Kier molecular flexibility index (Phi) is 7.20. The SMILES string of the molecule is CC1CC(C#N)=Cc2c3c(n(-c4cccc(C5=CC(c6c(C#N)cc(C#N)cc6-n6c7ccccc7c7ccccc76)CC=C5)c4)c21)CCC=C3. The minimum Gasteiger partial charge on any atom is -0.316 e. The molecule has 5 nitrogen and oxygen atoms in total. The van der Waals surface area contributed by atoms with Gasteiger partial charge >= 0.3 is 0 Å². The number of nitrogens with zero attached hydrogens (tertiary/aromatic N) is 5. The molecular formula is C46H33N5. The molecule has 2 unspecified atom stereocenters. The Morgan fingerprint density at radius 3 is 2.27 bits per heavy atom. The first-order valence-corrected chi connectivity index (χ1v) is 17.6. The number of aromatic nitrogens is 2. The van der Waals surface area contributed by atoms with Crippen LogP contribution >= 0.6 is 0 Å². The van der Waals surface area contributed by atoms with E-state index < -0.39 is 0 Å². The molecule has 4 aromatic carbocycles. The number of rotatable bonds is 4. The molecule has 0 saturated heterocycles. The average Bonchev–Trinajstić information content (AvgIpc) is 3.71. The second kappa shape index (κ2) is 12.1. The van der Waals surface area contributed by atoms with Crippen molar-refractivity contribution in [3.05, 3.63) is 160 Å². The first-order chi connectivity index (χ1) is 25.1. The zero-order valence-corrected chi connectivity index (χ0v) is 28.3. The molecule has 9 rings (SSSR count). The van der Waals surface area contributed by atoms with Crippen molar-refractivity contribution < 1.29 is 0 Å². The topological polar surface area (TPSA) is 81.2 Å². The lowest BCUT2D eigenvalue weighted by molar-refractivity contribution is 0.693. The first-order valence-electron chi connectivity index (χ1n) is 17.6. The van der Waals surface area contributed by atoms with E-state index in [9.17, 15) is 15.8 Å². The molecule has 0 N–H and O–H groups in total. The maximum atomic E-state index is 10.6. The highest BCUT2D eigenvalue weighted by atomic mass is 15.0. The molecule has 0 saturated carbocycles. The molecule has 2 heterocycles. The van der Waals surface area contributed by atoms with Gasteiger partial charge in [-0.1, -0.05) is 85.8 Å². The van der Waals surface area contributed by atoms with Gasteiger partial charge in [-0.3, -0.25) is 0 Å². The Morgan fingerprint density at radius 1 is 0.745 bits per heavy atom. The van der Waals surface area contributed by atoms with Gasteiger partial charge < -0.3 is 9.13 Å². The molecule has 242 valence electrons. The highest BCUT2D eigenvalue weighted by molar-refractivity contribution is 6.09. The molecule has 6 aromatic rings. The lowest BCUT2D eigenvalue weighted by atomic mass is 9.83. The third kappa shape index (κ3) is 4.80. The third-order valence-corrected chi connectivity index (χ3v) is 10.8. The predicted octanol–water partition coefficient (Wildman–Crippen LogP) is 10.8. The molecule has 0 fully saturated rings. The fourth-order valence-electron chi connectivity index (χ4n) is 8.66. The van der Waals surface area contributed by atoms with Crippen molar-refractivity contribution in [1.29, 1.82) is 15.8 Å².